The van der Waals surface area contributed by atoms with Gasteiger partial charge in [0, 0.05) is 32.7 Å². The minimum absolute atomic E-state index is 0. The molecule has 2 aromatic carbocycles. The Kier molecular flexibility index (Phi) is 10.5. The summed E-state index contributed by atoms with van der Waals surface area (Å²) in [6.45, 7) is 4.26. The molecule has 27 heavy (non-hydrogen) atoms. The van der Waals surface area contributed by atoms with Crippen LogP contribution in [-0.4, -0.2) is 44.0 Å². The number of hydrogen-bond acceptors (Lipinski definition) is 2. The molecule has 0 aliphatic heterocycles. The fourth-order valence-electron chi connectivity index (χ4n) is 2.54. The van der Waals surface area contributed by atoms with Gasteiger partial charge in [-0.05, 0) is 36.6 Å². The normalized spacial score (nSPS) is 10.7. The Labute approximate surface area is 179 Å². The molecule has 0 spiro atoms. The number of hydrogen-bond donors (Lipinski definition) is 2. The molecule has 2 aromatic rings. The minimum Gasteiger partial charge on any atom is -0.357 e. The van der Waals surface area contributed by atoms with Gasteiger partial charge in [0.25, 0.3) is 5.91 Å². The van der Waals surface area contributed by atoms with E-state index in [9.17, 15) is 4.79 Å². The number of halogens is 1. The van der Waals surface area contributed by atoms with Crippen LogP contribution in [0.4, 0.5) is 0 Å². The third-order valence-electron chi connectivity index (χ3n) is 3.89. The lowest BCUT2D eigenvalue weighted by molar-refractivity contribution is 0.0827. The van der Waals surface area contributed by atoms with E-state index < -0.39 is 0 Å². The zero-order valence-corrected chi connectivity index (χ0v) is 18.6. The summed E-state index contributed by atoms with van der Waals surface area (Å²) in [5.74, 6) is 0.828. The van der Waals surface area contributed by atoms with E-state index in [1.54, 1.807) is 19.0 Å². The van der Waals surface area contributed by atoms with Crippen LogP contribution in [0.15, 0.2) is 59.6 Å². The minimum atomic E-state index is 0. The Bertz CT molecular complexity index is 732. The number of amides is 1. The molecule has 0 fully saturated rings. The van der Waals surface area contributed by atoms with Gasteiger partial charge >= 0.3 is 0 Å². The highest BCUT2D eigenvalue weighted by Crippen LogP contribution is 2.08. The number of nitrogens with zero attached hydrogens (tertiary/aromatic N) is 2. The first-order chi connectivity index (χ1) is 12.6. The first-order valence-corrected chi connectivity index (χ1v) is 8.97. The molecule has 0 atom stereocenters. The summed E-state index contributed by atoms with van der Waals surface area (Å²) < 4.78 is 0. The van der Waals surface area contributed by atoms with E-state index in [0.717, 1.165) is 36.6 Å². The van der Waals surface area contributed by atoms with E-state index in [1.807, 2.05) is 42.5 Å². The topological polar surface area (TPSA) is 56.7 Å². The summed E-state index contributed by atoms with van der Waals surface area (Å²) in [7, 11) is 3.53. The first kappa shape index (κ1) is 23.0. The number of aliphatic imine (C=N–C) groups is 1. The third-order valence-corrected chi connectivity index (χ3v) is 3.89. The number of nitrogens with one attached hydrogen (secondary N) is 2. The average Bonchev–Trinajstić information content (AvgIpc) is 2.66. The summed E-state index contributed by atoms with van der Waals surface area (Å²) in [4.78, 5) is 18.3. The second-order valence-electron chi connectivity index (χ2n) is 6.26. The average molecular weight is 480 g/mol. The zero-order chi connectivity index (χ0) is 18.8. The van der Waals surface area contributed by atoms with E-state index in [1.165, 1.54) is 5.56 Å². The largest absolute Gasteiger partial charge is 0.357 e. The second-order valence-corrected chi connectivity index (χ2v) is 6.26. The smallest absolute Gasteiger partial charge is 0.253 e. The predicted octanol–water partition coefficient (Wildman–Crippen LogP) is 3.30. The number of rotatable bonds is 7. The Morgan fingerprint density at radius 2 is 1.70 bits per heavy atom. The summed E-state index contributed by atoms with van der Waals surface area (Å²) in [5, 5.41) is 6.62. The second kappa shape index (κ2) is 12.3. The Balaban J connectivity index is 0.00000364. The molecule has 0 aliphatic rings. The van der Waals surface area contributed by atoms with Gasteiger partial charge in [-0.2, -0.15) is 0 Å². The van der Waals surface area contributed by atoms with Crippen LogP contribution < -0.4 is 10.6 Å². The number of carbonyl (C=O) groups is 1. The highest BCUT2D eigenvalue weighted by Gasteiger charge is 2.08. The summed E-state index contributed by atoms with van der Waals surface area (Å²) in [6, 6.07) is 18.0. The van der Waals surface area contributed by atoms with Crippen LogP contribution in [0.2, 0.25) is 0 Å². The molecule has 0 unspecified atom stereocenters. The van der Waals surface area contributed by atoms with Crippen molar-refractivity contribution in [2.75, 3.05) is 27.2 Å². The van der Waals surface area contributed by atoms with E-state index in [0.29, 0.717) is 6.54 Å². The molecule has 0 saturated heterocycles. The maximum atomic E-state index is 12.1. The molecular formula is C21H29IN4O. The molecule has 0 bridgehead atoms. The van der Waals surface area contributed by atoms with E-state index in [4.69, 9.17) is 0 Å². The van der Waals surface area contributed by atoms with Crippen LogP contribution in [-0.2, 0) is 13.0 Å². The first-order valence-electron chi connectivity index (χ1n) is 8.97. The number of carbonyl (C=O) groups excluding carboxylic acids is 1. The Morgan fingerprint density at radius 3 is 2.37 bits per heavy atom. The Morgan fingerprint density at radius 1 is 1.00 bits per heavy atom. The van der Waals surface area contributed by atoms with Gasteiger partial charge in [0.15, 0.2) is 5.96 Å². The van der Waals surface area contributed by atoms with Crippen molar-refractivity contribution in [1.29, 1.82) is 0 Å². The van der Waals surface area contributed by atoms with Gasteiger partial charge in [-0.15, -0.1) is 24.0 Å². The standard InChI is InChI=1S/C21H28N4O.HI/c1-4-22-21(24-16-18-9-6-5-7-10-18)23-14-13-17-11-8-12-19(15-17)20(26)25(2)3;/h5-12,15H,4,13-14,16H2,1-3H3,(H2,22,23,24);1H. The molecular weight excluding hydrogens is 451 g/mol. The maximum absolute atomic E-state index is 12.1. The van der Waals surface area contributed by atoms with Crippen molar-refractivity contribution in [3.8, 4) is 0 Å². The zero-order valence-electron chi connectivity index (χ0n) is 16.2. The lowest BCUT2D eigenvalue weighted by atomic mass is 10.1. The summed E-state index contributed by atoms with van der Waals surface area (Å²) in [5.41, 5.74) is 3.03. The highest BCUT2D eigenvalue weighted by atomic mass is 127. The van der Waals surface area contributed by atoms with Crippen molar-refractivity contribution in [1.82, 2.24) is 15.5 Å². The van der Waals surface area contributed by atoms with E-state index in [-0.39, 0.29) is 29.9 Å². The monoisotopic (exact) mass is 480 g/mol. The lowest BCUT2D eigenvalue weighted by Gasteiger charge is -2.13. The number of benzene rings is 2. The molecule has 6 heteroatoms. The molecule has 5 nitrogen and oxygen atoms in total. The quantitative estimate of drug-likeness (QED) is 0.363. The fourth-order valence-corrected chi connectivity index (χ4v) is 2.54. The van der Waals surface area contributed by atoms with E-state index in [2.05, 4.69) is 34.7 Å². The van der Waals surface area contributed by atoms with Crippen LogP contribution in [0.5, 0.6) is 0 Å². The van der Waals surface area contributed by atoms with Crippen LogP contribution in [0, 0.1) is 0 Å². The van der Waals surface area contributed by atoms with Gasteiger partial charge in [0.05, 0.1) is 6.54 Å². The van der Waals surface area contributed by atoms with Crippen LogP contribution in [0.3, 0.4) is 0 Å². The molecule has 146 valence electrons. The van der Waals surface area contributed by atoms with Gasteiger partial charge in [-0.25, -0.2) is 4.99 Å². The van der Waals surface area contributed by atoms with Crippen molar-refractivity contribution in [3.05, 3.63) is 71.3 Å². The molecule has 2 N–H and O–H groups in total. The summed E-state index contributed by atoms with van der Waals surface area (Å²) in [6.07, 6.45) is 0.824. The predicted molar refractivity (Wildman–Crippen MR) is 123 cm³/mol. The molecule has 0 radical (unpaired) electrons. The van der Waals surface area contributed by atoms with Gasteiger partial charge < -0.3 is 15.5 Å². The van der Waals surface area contributed by atoms with Crippen LogP contribution >= 0.6 is 24.0 Å². The van der Waals surface area contributed by atoms with Gasteiger partial charge in [-0.3, -0.25) is 4.79 Å². The Hall–Kier alpha value is -2.09. The van der Waals surface area contributed by atoms with Crippen molar-refractivity contribution in [2.45, 2.75) is 19.9 Å². The third kappa shape index (κ3) is 7.99. The van der Waals surface area contributed by atoms with Crippen LogP contribution in [0.1, 0.15) is 28.4 Å². The lowest BCUT2D eigenvalue weighted by Crippen LogP contribution is -2.38. The SMILES string of the molecule is CCNC(=NCc1ccccc1)NCCc1cccc(C(=O)N(C)C)c1.I. The highest BCUT2D eigenvalue weighted by molar-refractivity contribution is 14.0. The van der Waals surface area contributed by atoms with Gasteiger partial charge in [-0.1, -0.05) is 42.5 Å². The number of guanidine groups is 1. The maximum Gasteiger partial charge on any atom is 0.253 e. The van der Waals surface area contributed by atoms with E-state index >= 15 is 0 Å². The molecule has 0 aliphatic carbocycles. The van der Waals surface area contributed by atoms with Crippen molar-refractivity contribution in [2.24, 2.45) is 4.99 Å². The fraction of sp³-hybridized carbons (Fsp3) is 0.333. The van der Waals surface area contributed by atoms with Gasteiger partial charge in [0.2, 0.25) is 0 Å². The molecule has 0 heterocycles. The molecule has 2 rings (SSSR count). The van der Waals surface area contributed by atoms with Crippen molar-refractivity contribution >= 4 is 35.8 Å². The molecule has 0 aromatic heterocycles. The van der Waals surface area contributed by atoms with Crippen molar-refractivity contribution in [3.63, 3.8) is 0 Å². The van der Waals surface area contributed by atoms with Crippen molar-refractivity contribution < 1.29 is 4.79 Å². The molecule has 1 amide bonds. The summed E-state index contributed by atoms with van der Waals surface area (Å²) >= 11 is 0. The van der Waals surface area contributed by atoms with Crippen LogP contribution in [0.25, 0.3) is 0 Å². The molecule has 0 saturated carbocycles. The van der Waals surface area contributed by atoms with Gasteiger partial charge in [0.1, 0.15) is 0 Å².